The Morgan fingerprint density at radius 3 is 2.43 bits per heavy atom. The molecule has 0 aromatic heterocycles. The molecule has 0 spiro atoms. The van der Waals surface area contributed by atoms with Crippen LogP contribution in [0.5, 0.6) is 11.5 Å². The monoisotopic (exact) mass is 621 g/mol. The number of amides is 3. The van der Waals surface area contributed by atoms with Crippen LogP contribution in [0.2, 0.25) is 0 Å². The predicted octanol–water partition coefficient (Wildman–Crippen LogP) is 5.02. The van der Waals surface area contributed by atoms with Crippen LogP contribution in [0.15, 0.2) is 42.5 Å². The Balaban J connectivity index is 1.23. The van der Waals surface area contributed by atoms with Crippen LogP contribution in [0.4, 0.5) is 4.79 Å². The van der Waals surface area contributed by atoms with Crippen molar-refractivity contribution >= 4 is 39.8 Å². The second kappa shape index (κ2) is 14.3. The van der Waals surface area contributed by atoms with Gasteiger partial charge in [0.15, 0.2) is 0 Å². The quantitative estimate of drug-likeness (QED) is 0.263. The Labute approximate surface area is 261 Å². The molecule has 44 heavy (non-hydrogen) atoms. The number of hydrogen-bond donors (Lipinski definition) is 3. The van der Waals surface area contributed by atoms with Gasteiger partial charge in [-0.15, -0.1) is 0 Å². The zero-order valence-corrected chi connectivity index (χ0v) is 25.9. The van der Waals surface area contributed by atoms with E-state index in [1.54, 1.807) is 46.2 Å². The first-order chi connectivity index (χ1) is 21.2. The van der Waals surface area contributed by atoms with Gasteiger partial charge in [0.05, 0.1) is 24.3 Å². The smallest absolute Gasteiger partial charge is 0.410 e. The molecule has 3 N–H and O–H groups in total. The molecule has 0 atom stereocenters. The summed E-state index contributed by atoms with van der Waals surface area (Å²) in [5.74, 6) is 0.848. The molecule has 0 aliphatic carbocycles. The number of hydrogen-bond acceptors (Lipinski definition) is 9. The van der Waals surface area contributed by atoms with Crippen molar-refractivity contribution in [3.8, 4) is 11.5 Å². The number of carbonyl (C=O) groups excluding carboxylic acids is 3. The average molecular weight is 622 g/mol. The molecule has 0 radical (unpaired) electrons. The predicted molar refractivity (Wildman–Crippen MR) is 168 cm³/mol. The fourth-order valence-electron chi connectivity index (χ4n) is 5.08. The topological polar surface area (TPSA) is 145 Å². The van der Waals surface area contributed by atoms with E-state index in [-0.39, 0.29) is 41.0 Å². The van der Waals surface area contributed by atoms with E-state index in [1.165, 1.54) is 0 Å². The molecule has 2 aromatic carbocycles. The number of ether oxygens (including phenoxy) is 3. The van der Waals surface area contributed by atoms with Crippen LogP contribution in [0, 0.1) is 16.7 Å². The van der Waals surface area contributed by atoms with Crippen LogP contribution < -0.4 is 10.1 Å². The lowest BCUT2D eigenvalue weighted by Gasteiger charge is -2.39. The first-order valence-electron chi connectivity index (χ1n) is 15.0. The summed E-state index contributed by atoms with van der Waals surface area (Å²) >= 11 is 1.13. The van der Waals surface area contributed by atoms with Crippen LogP contribution in [0.1, 0.15) is 61.0 Å². The summed E-state index contributed by atoms with van der Waals surface area (Å²) < 4.78 is 17.1. The molecule has 3 saturated heterocycles. The number of rotatable bonds is 9. The molecule has 0 saturated carbocycles. The van der Waals surface area contributed by atoms with Gasteiger partial charge in [-0.25, -0.2) is 4.79 Å². The van der Waals surface area contributed by atoms with Gasteiger partial charge < -0.3 is 29.3 Å². The van der Waals surface area contributed by atoms with E-state index in [1.807, 2.05) is 19.9 Å². The lowest BCUT2D eigenvalue weighted by molar-refractivity contribution is -0.128. The number of likely N-dealkylation sites (tertiary alicyclic amines) is 2. The third-order valence-corrected chi connectivity index (χ3v) is 8.98. The largest absolute Gasteiger partial charge is 0.457 e. The van der Waals surface area contributed by atoms with Gasteiger partial charge in [-0.2, -0.15) is 0 Å². The first kappa shape index (κ1) is 31.5. The minimum Gasteiger partial charge on any atom is -0.457 e. The lowest BCUT2D eigenvalue weighted by atomic mass is 10.1. The first-order valence-corrected chi connectivity index (χ1v) is 15.9. The summed E-state index contributed by atoms with van der Waals surface area (Å²) in [5, 5.41) is 20.1. The second-order valence-corrected chi connectivity index (χ2v) is 12.6. The lowest BCUT2D eigenvalue weighted by Crippen LogP contribution is -2.61. The molecule has 12 heteroatoms. The molecule has 3 heterocycles. The molecule has 5 rings (SSSR count). The zero-order valence-electron chi connectivity index (χ0n) is 25.1. The van der Waals surface area contributed by atoms with E-state index >= 15 is 0 Å². The fraction of sp³-hybridized carbons (Fsp3) is 0.469. The highest BCUT2D eigenvalue weighted by molar-refractivity contribution is 8.26. The SMILES string of the molecule is CC(C)C(=N)SC(=N)c1ccc(Oc2cc(C(=O)NC3CN(C(=O)OC4CCOCC4)C3)ccc2CN2CCCC2=O)cc1. The number of benzene rings is 2. The van der Waals surface area contributed by atoms with Gasteiger partial charge in [-0.3, -0.25) is 20.4 Å². The van der Waals surface area contributed by atoms with E-state index in [2.05, 4.69) is 5.32 Å². The molecule has 2 aromatic rings. The minimum absolute atomic E-state index is 0.0511. The van der Waals surface area contributed by atoms with Crippen molar-refractivity contribution in [3.05, 3.63) is 59.2 Å². The van der Waals surface area contributed by atoms with E-state index in [0.717, 1.165) is 23.7 Å². The van der Waals surface area contributed by atoms with Crippen molar-refractivity contribution in [2.24, 2.45) is 5.92 Å². The Hall–Kier alpha value is -3.90. The van der Waals surface area contributed by atoms with Crippen molar-refractivity contribution in [3.63, 3.8) is 0 Å². The molecular weight excluding hydrogens is 582 g/mol. The maximum atomic E-state index is 13.2. The molecular formula is C32H39N5O6S. The van der Waals surface area contributed by atoms with Gasteiger partial charge in [-0.05, 0) is 42.8 Å². The van der Waals surface area contributed by atoms with Crippen LogP contribution in [0.3, 0.4) is 0 Å². The number of nitrogens with zero attached hydrogens (tertiary/aromatic N) is 2. The van der Waals surface area contributed by atoms with Crippen LogP contribution in [-0.4, -0.2) is 82.8 Å². The molecule has 3 aliphatic heterocycles. The Bertz CT molecular complexity index is 1400. The molecule has 11 nitrogen and oxygen atoms in total. The third kappa shape index (κ3) is 7.97. The van der Waals surface area contributed by atoms with Crippen molar-refractivity contribution < 1.29 is 28.6 Å². The van der Waals surface area contributed by atoms with E-state index in [9.17, 15) is 14.4 Å². The molecule has 234 valence electrons. The molecule has 0 bridgehead atoms. The summed E-state index contributed by atoms with van der Waals surface area (Å²) in [7, 11) is 0. The maximum absolute atomic E-state index is 13.2. The number of carbonyl (C=O) groups is 3. The summed E-state index contributed by atoms with van der Waals surface area (Å²) in [6.45, 7) is 6.84. The summed E-state index contributed by atoms with van der Waals surface area (Å²) in [6.07, 6.45) is 2.25. The van der Waals surface area contributed by atoms with Crippen LogP contribution >= 0.6 is 11.8 Å². The third-order valence-electron chi connectivity index (χ3n) is 7.85. The molecule has 0 unspecified atom stereocenters. The van der Waals surface area contributed by atoms with Gasteiger partial charge in [0.2, 0.25) is 5.91 Å². The number of nitrogens with one attached hydrogen (secondary N) is 3. The van der Waals surface area contributed by atoms with Crippen LogP contribution in [0.25, 0.3) is 0 Å². The highest BCUT2D eigenvalue weighted by Gasteiger charge is 2.34. The highest BCUT2D eigenvalue weighted by Crippen LogP contribution is 2.30. The van der Waals surface area contributed by atoms with Gasteiger partial charge in [0, 0.05) is 68.0 Å². The van der Waals surface area contributed by atoms with Crippen molar-refractivity contribution in [1.82, 2.24) is 15.1 Å². The second-order valence-electron chi connectivity index (χ2n) is 11.6. The summed E-state index contributed by atoms with van der Waals surface area (Å²) in [6, 6.07) is 12.1. The van der Waals surface area contributed by atoms with Gasteiger partial charge in [0.1, 0.15) is 22.6 Å². The average Bonchev–Trinajstić information content (AvgIpc) is 3.40. The Morgan fingerprint density at radius 1 is 1.07 bits per heavy atom. The van der Waals surface area contributed by atoms with Crippen LogP contribution in [-0.2, 0) is 20.8 Å². The minimum atomic E-state index is -0.364. The van der Waals surface area contributed by atoms with Crippen molar-refractivity contribution in [2.45, 2.75) is 58.2 Å². The van der Waals surface area contributed by atoms with Crippen molar-refractivity contribution in [1.29, 1.82) is 10.8 Å². The molecule has 3 fully saturated rings. The maximum Gasteiger partial charge on any atom is 0.410 e. The van der Waals surface area contributed by atoms with E-state index in [4.69, 9.17) is 25.0 Å². The van der Waals surface area contributed by atoms with Crippen molar-refractivity contribution in [2.75, 3.05) is 32.8 Å². The standard InChI is InChI=1S/C32H39N5O6S/c1-20(2)29(33)44-30(34)21-7-9-25(10-8-21)42-27-16-22(5-6-23(27)17-36-13-3-4-28(36)38)31(39)35-24-18-37(19-24)32(40)43-26-11-14-41-15-12-26/h5-10,16,20,24,26,33-34H,3-4,11-15,17-19H2,1-2H3,(H,35,39). The molecule has 3 amide bonds. The fourth-order valence-corrected chi connectivity index (χ4v) is 5.79. The normalized spacial score (nSPS) is 17.4. The van der Waals surface area contributed by atoms with E-state index < -0.39 is 0 Å². The Morgan fingerprint density at radius 2 is 1.77 bits per heavy atom. The van der Waals surface area contributed by atoms with Gasteiger partial charge >= 0.3 is 6.09 Å². The van der Waals surface area contributed by atoms with Gasteiger partial charge in [0.25, 0.3) is 5.91 Å². The zero-order chi connectivity index (χ0) is 31.2. The molecule has 3 aliphatic rings. The number of thioether (sulfide) groups is 1. The Kier molecular flexibility index (Phi) is 10.2. The highest BCUT2D eigenvalue weighted by atomic mass is 32.2. The summed E-state index contributed by atoms with van der Waals surface area (Å²) in [4.78, 5) is 41.3. The summed E-state index contributed by atoms with van der Waals surface area (Å²) in [5.41, 5.74) is 1.86. The van der Waals surface area contributed by atoms with Gasteiger partial charge in [-0.1, -0.05) is 31.7 Å². The van der Waals surface area contributed by atoms with E-state index in [0.29, 0.717) is 86.3 Å².